The van der Waals surface area contributed by atoms with E-state index in [-0.39, 0.29) is 11.9 Å². The van der Waals surface area contributed by atoms with Crippen molar-refractivity contribution in [1.82, 2.24) is 0 Å². The monoisotopic (exact) mass is 294 g/mol. The summed E-state index contributed by atoms with van der Waals surface area (Å²) in [5.41, 5.74) is 4.81. The molecule has 0 spiro atoms. The maximum absolute atomic E-state index is 12.5. The fourth-order valence-electron chi connectivity index (χ4n) is 3.04. The molecule has 0 aliphatic heterocycles. The van der Waals surface area contributed by atoms with E-state index in [0.717, 1.165) is 17.8 Å². The number of likely N-dealkylation sites (N-methyl/N-ethyl adjacent to an activating group) is 1. The molecule has 114 valence electrons. The van der Waals surface area contributed by atoms with Gasteiger partial charge in [-0.15, -0.1) is 0 Å². The third-order valence-electron chi connectivity index (χ3n) is 4.33. The van der Waals surface area contributed by atoms with Gasteiger partial charge in [-0.25, -0.2) is 0 Å². The van der Waals surface area contributed by atoms with Crippen molar-refractivity contribution in [2.45, 2.75) is 32.2 Å². The largest absolute Gasteiger partial charge is 0.374 e. The summed E-state index contributed by atoms with van der Waals surface area (Å²) >= 11 is 0. The molecule has 0 saturated carbocycles. The van der Waals surface area contributed by atoms with Crippen LogP contribution in [0.2, 0.25) is 0 Å². The van der Waals surface area contributed by atoms with Gasteiger partial charge in [0.2, 0.25) is 5.91 Å². The van der Waals surface area contributed by atoms with Crippen molar-refractivity contribution < 1.29 is 4.79 Å². The number of nitrogens with zero attached hydrogens (tertiary/aromatic N) is 1. The highest BCUT2D eigenvalue weighted by Crippen LogP contribution is 2.25. The Bertz CT molecular complexity index is 666. The van der Waals surface area contributed by atoms with Gasteiger partial charge >= 0.3 is 0 Å². The van der Waals surface area contributed by atoms with Crippen LogP contribution in [0.1, 0.15) is 24.5 Å². The minimum atomic E-state index is -0.260. The standard InChI is InChI=1S/C19H22N2O/c1-14(19(22)21(2)18-9-4-3-5-10-18)20-17-12-11-15-7-6-8-16(15)13-17/h3-5,9-14,20H,6-8H2,1-2H3/t14-/m0/s1. The maximum atomic E-state index is 12.5. The second-order valence-corrected chi connectivity index (χ2v) is 5.94. The first-order valence-corrected chi connectivity index (χ1v) is 7.86. The van der Waals surface area contributed by atoms with Crippen molar-refractivity contribution in [1.29, 1.82) is 0 Å². The second-order valence-electron chi connectivity index (χ2n) is 5.94. The zero-order valence-electron chi connectivity index (χ0n) is 13.2. The summed E-state index contributed by atoms with van der Waals surface area (Å²) in [6.45, 7) is 1.91. The summed E-state index contributed by atoms with van der Waals surface area (Å²) in [6.07, 6.45) is 3.57. The fourth-order valence-corrected chi connectivity index (χ4v) is 3.04. The maximum Gasteiger partial charge on any atom is 0.248 e. The molecule has 1 aliphatic carbocycles. The molecule has 1 atom stereocenters. The number of amides is 1. The van der Waals surface area contributed by atoms with Crippen LogP contribution in [0.25, 0.3) is 0 Å². The van der Waals surface area contributed by atoms with E-state index < -0.39 is 0 Å². The van der Waals surface area contributed by atoms with Gasteiger partial charge in [-0.2, -0.15) is 0 Å². The van der Waals surface area contributed by atoms with E-state index in [1.165, 1.54) is 24.0 Å². The van der Waals surface area contributed by atoms with Crippen LogP contribution >= 0.6 is 0 Å². The molecule has 0 fully saturated rings. The molecule has 3 nitrogen and oxygen atoms in total. The molecular formula is C19H22N2O. The number of hydrogen-bond donors (Lipinski definition) is 1. The van der Waals surface area contributed by atoms with Crippen LogP contribution in [0.5, 0.6) is 0 Å². The van der Waals surface area contributed by atoms with E-state index in [1.54, 1.807) is 4.90 Å². The minimum Gasteiger partial charge on any atom is -0.374 e. The van der Waals surface area contributed by atoms with Crippen molar-refractivity contribution >= 4 is 17.3 Å². The number of rotatable bonds is 4. The molecule has 0 unspecified atom stereocenters. The van der Waals surface area contributed by atoms with Gasteiger partial charge < -0.3 is 10.2 Å². The average Bonchev–Trinajstić information content (AvgIpc) is 3.02. The third-order valence-corrected chi connectivity index (χ3v) is 4.33. The van der Waals surface area contributed by atoms with Crippen LogP contribution in [-0.2, 0) is 17.6 Å². The predicted molar refractivity (Wildman–Crippen MR) is 91.4 cm³/mol. The lowest BCUT2D eigenvalue weighted by Gasteiger charge is -2.23. The van der Waals surface area contributed by atoms with Crippen molar-refractivity contribution in [2.24, 2.45) is 0 Å². The number of benzene rings is 2. The minimum absolute atomic E-state index is 0.0618. The first-order chi connectivity index (χ1) is 10.6. The van der Waals surface area contributed by atoms with Crippen LogP contribution in [0, 0.1) is 0 Å². The molecule has 3 rings (SSSR count). The number of nitrogens with one attached hydrogen (secondary N) is 1. The lowest BCUT2D eigenvalue weighted by Crippen LogP contribution is -2.39. The summed E-state index contributed by atoms with van der Waals surface area (Å²) in [7, 11) is 1.82. The smallest absolute Gasteiger partial charge is 0.248 e. The number of anilines is 2. The molecule has 2 aromatic rings. The SMILES string of the molecule is C[C@H](Nc1ccc2c(c1)CCC2)C(=O)N(C)c1ccccc1. The summed E-state index contributed by atoms with van der Waals surface area (Å²) in [5, 5.41) is 3.33. The molecule has 0 heterocycles. The molecule has 0 bridgehead atoms. The van der Waals surface area contributed by atoms with E-state index in [2.05, 4.69) is 23.5 Å². The van der Waals surface area contributed by atoms with Gasteiger partial charge in [-0.1, -0.05) is 24.3 Å². The number of carbonyl (C=O) groups is 1. The van der Waals surface area contributed by atoms with Gasteiger partial charge in [0.25, 0.3) is 0 Å². The number of hydrogen-bond acceptors (Lipinski definition) is 2. The number of carbonyl (C=O) groups excluding carboxylic acids is 1. The molecule has 1 N–H and O–H groups in total. The van der Waals surface area contributed by atoms with E-state index >= 15 is 0 Å². The fraction of sp³-hybridized carbons (Fsp3) is 0.316. The third kappa shape index (κ3) is 2.98. The van der Waals surface area contributed by atoms with Gasteiger partial charge in [0.15, 0.2) is 0 Å². The molecule has 1 amide bonds. The van der Waals surface area contributed by atoms with Gasteiger partial charge in [-0.3, -0.25) is 4.79 Å². The molecule has 0 radical (unpaired) electrons. The summed E-state index contributed by atoms with van der Waals surface area (Å²) in [4.78, 5) is 14.2. The number of aryl methyl sites for hydroxylation is 2. The van der Waals surface area contributed by atoms with Crippen LogP contribution in [0.4, 0.5) is 11.4 Å². The second kappa shape index (κ2) is 6.22. The highest BCUT2D eigenvalue weighted by molar-refractivity contribution is 5.98. The Kier molecular flexibility index (Phi) is 4.14. The van der Waals surface area contributed by atoms with E-state index in [9.17, 15) is 4.79 Å². The molecule has 22 heavy (non-hydrogen) atoms. The molecule has 2 aromatic carbocycles. The quantitative estimate of drug-likeness (QED) is 0.933. The highest BCUT2D eigenvalue weighted by Gasteiger charge is 2.19. The Labute approximate surface area is 132 Å². The van der Waals surface area contributed by atoms with Gasteiger partial charge in [0.05, 0.1) is 0 Å². The summed E-state index contributed by atoms with van der Waals surface area (Å²) < 4.78 is 0. The summed E-state index contributed by atoms with van der Waals surface area (Å²) in [5.74, 6) is 0.0618. The number of fused-ring (bicyclic) bond motifs is 1. The molecule has 0 saturated heterocycles. The van der Waals surface area contributed by atoms with Gasteiger partial charge in [0, 0.05) is 18.4 Å². The average molecular weight is 294 g/mol. The topological polar surface area (TPSA) is 32.3 Å². The van der Waals surface area contributed by atoms with E-state index in [0.29, 0.717) is 0 Å². The molecule has 0 aromatic heterocycles. The first kappa shape index (κ1) is 14.6. The van der Waals surface area contributed by atoms with Crippen LogP contribution in [-0.4, -0.2) is 19.0 Å². The first-order valence-electron chi connectivity index (χ1n) is 7.86. The Morgan fingerprint density at radius 1 is 1.09 bits per heavy atom. The Morgan fingerprint density at radius 3 is 2.59 bits per heavy atom. The van der Waals surface area contributed by atoms with E-state index in [1.807, 2.05) is 44.3 Å². The lowest BCUT2D eigenvalue weighted by molar-refractivity contribution is -0.118. The number of para-hydroxylation sites is 1. The van der Waals surface area contributed by atoms with Crippen molar-refractivity contribution in [3.05, 3.63) is 59.7 Å². The van der Waals surface area contributed by atoms with Crippen LogP contribution < -0.4 is 10.2 Å². The summed E-state index contributed by atoms with van der Waals surface area (Å²) in [6, 6.07) is 15.9. The normalized spacial score (nSPS) is 14.3. The zero-order valence-corrected chi connectivity index (χ0v) is 13.2. The van der Waals surface area contributed by atoms with Gasteiger partial charge in [0.1, 0.15) is 6.04 Å². The van der Waals surface area contributed by atoms with E-state index in [4.69, 9.17) is 0 Å². The predicted octanol–water partition coefficient (Wildman–Crippen LogP) is 3.64. The molecule has 3 heteroatoms. The lowest BCUT2D eigenvalue weighted by atomic mass is 10.1. The van der Waals surface area contributed by atoms with Crippen LogP contribution in [0.3, 0.4) is 0 Å². The van der Waals surface area contributed by atoms with Crippen molar-refractivity contribution in [3.63, 3.8) is 0 Å². The van der Waals surface area contributed by atoms with Crippen molar-refractivity contribution in [3.8, 4) is 0 Å². The molecular weight excluding hydrogens is 272 g/mol. The van der Waals surface area contributed by atoms with Crippen LogP contribution in [0.15, 0.2) is 48.5 Å². The van der Waals surface area contributed by atoms with Crippen molar-refractivity contribution in [2.75, 3.05) is 17.3 Å². The Hall–Kier alpha value is -2.29. The highest BCUT2D eigenvalue weighted by atomic mass is 16.2. The molecule has 1 aliphatic rings. The zero-order chi connectivity index (χ0) is 15.5. The van der Waals surface area contributed by atoms with Gasteiger partial charge in [-0.05, 0) is 61.6 Å². The Balaban J connectivity index is 1.69. The Morgan fingerprint density at radius 2 is 1.82 bits per heavy atom.